The molecule has 4 rings (SSSR count). The molecule has 0 atom stereocenters. The van der Waals surface area contributed by atoms with Gasteiger partial charge < -0.3 is 11.1 Å². The third-order valence-electron chi connectivity index (χ3n) is 4.67. The highest BCUT2D eigenvalue weighted by Gasteiger charge is 2.20. The number of nitrogens with two attached hydrogens (primary N) is 1. The molecule has 0 saturated heterocycles. The van der Waals surface area contributed by atoms with Gasteiger partial charge in [0, 0.05) is 16.6 Å². The van der Waals surface area contributed by atoms with Gasteiger partial charge in [0.25, 0.3) is 5.91 Å². The number of nitrogens with zero attached hydrogens (tertiary/aromatic N) is 5. The predicted molar refractivity (Wildman–Crippen MR) is 115 cm³/mol. The number of carbonyl (C=O) groups excluding carboxylic acids is 1. The monoisotopic (exact) mass is 453 g/mol. The van der Waals surface area contributed by atoms with Crippen molar-refractivity contribution in [3.8, 4) is 17.3 Å². The SMILES string of the molecule is N#Cc1c(C(N)=O)nc2cc(-c3cn(CCF)nn3)ccc2c1Nc1ccc(F)c(Cl)c1. The van der Waals surface area contributed by atoms with Crippen molar-refractivity contribution in [2.45, 2.75) is 6.54 Å². The Kier molecular flexibility index (Phi) is 5.66. The van der Waals surface area contributed by atoms with Crippen LogP contribution in [0.1, 0.15) is 16.1 Å². The van der Waals surface area contributed by atoms with Crippen molar-refractivity contribution in [1.82, 2.24) is 20.0 Å². The molecule has 0 saturated carbocycles. The average molecular weight is 454 g/mol. The van der Waals surface area contributed by atoms with Crippen molar-refractivity contribution in [1.29, 1.82) is 5.26 Å². The Bertz CT molecular complexity index is 1400. The number of halogens is 3. The van der Waals surface area contributed by atoms with Crippen LogP contribution < -0.4 is 11.1 Å². The fourth-order valence-electron chi connectivity index (χ4n) is 3.19. The molecule has 0 unspecified atom stereocenters. The van der Waals surface area contributed by atoms with Crippen LogP contribution in [0.2, 0.25) is 5.02 Å². The molecule has 0 aliphatic carbocycles. The first-order valence-corrected chi connectivity index (χ1v) is 9.65. The summed E-state index contributed by atoms with van der Waals surface area (Å²) >= 11 is 5.86. The lowest BCUT2D eigenvalue weighted by atomic mass is 10.0. The van der Waals surface area contributed by atoms with Gasteiger partial charge in [-0.05, 0) is 30.3 Å². The summed E-state index contributed by atoms with van der Waals surface area (Å²) in [5.41, 5.74) is 7.28. The van der Waals surface area contributed by atoms with Crippen LogP contribution >= 0.6 is 11.6 Å². The number of primary amides is 1. The molecular weight excluding hydrogens is 440 g/mol. The van der Waals surface area contributed by atoms with Gasteiger partial charge >= 0.3 is 0 Å². The summed E-state index contributed by atoms with van der Waals surface area (Å²) in [5, 5.41) is 21.0. The zero-order chi connectivity index (χ0) is 22.8. The number of nitrogens with one attached hydrogen (secondary N) is 1. The van der Waals surface area contributed by atoms with Crippen LogP contribution in [-0.4, -0.2) is 32.6 Å². The highest BCUT2D eigenvalue weighted by molar-refractivity contribution is 6.31. The number of carbonyl (C=O) groups is 1. The maximum atomic E-state index is 13.5. The first-order valence-electron chi connectivity index (χ1n) is 9.27. The number of hydrogen-bond donors (Lipinski definition) is 2. The van der Waals surface area contributed by atoms with Crippen LogP contribution in [0.4, 0.5) is 20.2 Å². The van der Waals surface area contributed by atoms with Crippen molar-refractivity contribution < 1.29 is 13.6 Å². The summed E-state index contributed by atoms with van der Waals surface area (Å²) in [6, 6.07) is 11.0. The number of aromatic nitrogens is 4. The van der Waals surface area contributed by atoms with Crippen molar-refractivity contribution in [2.75, 3.05) is 12.0 Å². The number of aryl methyl sites for hydroxylation is 1. The van der Waals surface area contributed by atoms with E-state index >= 15 is 0 Å². The number of rotatable bonds is 6. The highest BCUT2D eigenvalue weighted by atomic mass is 35.5. The molecule has 0 radical (unpaired) electrons. The van der Waals surface area contributed by atoms with E-state index < -0.39 is 18.4 Å². The molecule has 2 aromatic heterocycles. The molecule has 11 heteroatoms. The fourth-order valence-corrected chi connectivity index (χ4v) is 3.37. The lowest BCUT2D eigenvalue weighted by Gasteiger charge is -2.14. The van der Waals surface area contributed by atoms with Crippen LogP contribution in [0, 0.1) is 17.1 Å². The highest BCUT2D eigenvalue weighted by Crippen LogP contribution is 2.34. The average Bonchev–Trinajstić information content (AvgIpc) is 3.24. The van der Waals surface area contributed by atoms with Crippen molar-refractivity contribution in [3.63, 3.8) is 0 Å². The van der Waals surface area contributed by atoms with E-state index in [1.54, 1.807) is 24.4 Å². The van der Waals surface area contributed by atoms with Crippen molar-refractivity contribution >= 4 is 39.8 Å². The second kappa shape index (κ2) is 8.56. The number of alkyl halides is 1. The summed E-state index contributed by atoms with van der Waals surface area (Å²) in [7, 11) is 0. The number of anilines is 2. The quantitative estimate of drug-likeness (QED) is 0.455. The zero-order valence-electron chi connectivity index (χ0n) is 16.3. The number of pyridine rings is 1. The Labute approximate surface area is 185 Å². The maximum Gasteiger partial charge on any atom is 0.268 e. The van der Waals surface area contributed by atoms with Gasteiger partial charge in [0.05, 0.1) is 29.0 Å². The summed E-state index contributed by atoms with van der Waals surface area (Å²) in [5.74, 6) is -1.48. The van der Waals surface area contributed by atoms with Crippen molar-refractivity contribution in [3.05, 3.63) is 64.7 Å². The zero-order valence-corrected chi connectivity index (χ0v) is 17.1. The Morgan fingerprint density at radius 2 is 2.09 bits per heavy atom. The normalized spacial score (nSPS) is 10.8. The standard InChI is InChI=1S/C21H14ClF2N7O/c22-15-8-12(2-4-16(15)24)27-19-13-3-1-11(18-10-31(6-5-23)30-29-18)7-17(13)28-20(21(26)32)14(19)9-25/h1-4,7-8,10H,5-6H2,(H2,26,32)(H,27,28). The molecule has 8 nitrogen and oxygen atoms in total. The molecule has 160 valence electrons. The minimum atomic E-state index is -0.886. The third-order valence-corrected chi connectivity index (χ3v) is 4.96. The van der Waals surface area contributed by atoms with Crippen LogP contribution in [0.5, 0.6) is 0 Å². The van der Waals surface area contributed by atoms with E-state index in [-0.39, 0.29) is 28.5 Å². The van der Waals surface area contributed by atoms with E-state index in [0.717, 1.165) is 0 Å². The van der Waals surface area contributed by atoms with Crippen LogP contribution in [-0.2, 0) is 6.54 Å². The van der Waals surface area contributed by atoms with E-state index in [0.29, 0.717) is 27.8 Å². The van der Waals surface area contributed by atoms with Gasteiger partial charge in [0.2, 0.25) is 0 Å². The lowest BCUT2D eigenvalue weighted by molar-refractivity contribution is 0.0995. The molecule has 0 aliphatic heterocycles. The molecule has 1 amide bonds. The van der Waals surface area contributed by atoms with Gasteiger partial charge in [-0.1, -0.05) is 22.9 Å². The van der Waals surface area contributed by atoms with E-state index in [9.17, 15) is 18.8 Å². The summed E-state index contributed by atoms with van der Waals surface area (Å²) in [6.45, 7) is -0.506. The smallest absolute Gasteiger partial charge is 0.268 e. The Morgan fingerprint density at radius 3 is 2.78 bits per heavy atom. The largest absolute Gasteiger partial charge is 0.364 e. The molecule has 2 aromatic carbocycles. The number of fused-ring (bicyclic) bond motifs is 1. The fraction of sp³-hybridized carbons (Fsp3) is 0.0952. The molecule has 32 heavy (non-hydrogen) atoms. The van der Waals surface area contributed by atoms with Gasteiger partial charge in [-0.25, -0.2) is 18.4 Å². The first-order chi connectivity index (χ1) is 15.4. The number of nitriles is 1. The Morgan fingerprint density at radius 1 is 1.28 bits per heavy atom. The molecule has 2 heterocycles. The third kappa shape index (κ3) is 3.93. The summed E-state index contributed by atoms with van der Waals surface area (Å²) in [6.07, 6.45) is 1.58. The number of hydrogen-bond acceptors (Lipinski definition) is 6. The van der Waals surface area contributed by atoms with E-state index in [1.165, 1.54) is 22.9 Å². The van der Waals surface area contributed by atoms with Gasteiger partial charge in [0.15, 0.2) is 0 Å². The second-order valence-corrected chi connectivity index (χ2v) is 7.14. The minimum Gasteiger partial charge on any atom is -0.364 e. The van der Waals surface area contributed by atoms with Crippen LogP contribution in [0.3, 0.4) is 0 Å². The molecular formula is C21H14ClF2N7O. The van der Waals surface area contributed by atoms with Crippen LogP contribution in [0.15, 0.2) is 42.6 Å². The molecule has 0 aliphatic rings. The predicted octanol–water partition coefficient (Wildman–Crippen LogP) is 3.97. The Hall–Kier alpha value is -4.10. The van der Waals surface area contributed by atoms with Crippen molar-refractivity contribution in [2.24, 2.45) is 5.73 Å². The summed E-state index contributed by atoms with van der Waals surface area (Å²) < 4.78 is 27.5. The van der Waals surface area contributed by atoms with E-state index in [1.807, 2.05) is 6.07 Å². The maximum absolute atomic E-state index is 13.5. The van der Waals surface area contributed by atoms with Gasteiger partial charge in [-0.3, -0.25) is 4.79 Å². The number of amides is 1. The molecule has 0 spiro atoms. The second-order valence-electron chi connectivity index (χ2n) is 6.73. The lowest BCUT2D eigenvalue weighted by Crippen LogP contribution is -2.16. The van der Waals surface area contributed by atoms with Gasteiger partial charge in [-0.15, -0.1) is 5.10 Å². The van der Waals surface area contributed by atoms with Gasteiger partial charge in [0.1, 0.15) is 35.5 Å². The Balaban J connectivity index is 1.89. The van der Waals surface area contributed by atoms with Gasteiger partial charge in [-0.2, -0.15) is 5.26 Å². The topological polar surface area (TPSA) is 123 Å². The summed E-state index contributed by atoms with van der Waals surface area (Å²) in [4.78, 5) is 16.3. The molecule has 0 bridgehead atoms. The van der Waals surface area contributed by atoms with E-state index in [2.05, 4.69) is 20.6 Å². The molecule has 0 fully saturated rings. The molecule has 3 N–H and O–H groups in total. The van der Waals surface area contributed by atoms with E-state index in [4.69, 9.17) is 17.3 Å². The minimum absolute atomic E-state index is 0.0629. The van der Waals surface area contributed by atoms with Crippen LogP contribution in [0.25, 0.3) is 22.2 Å². The number of benzene rings is 2. The first kappa shape index (κ1) is 21.1. The molecule has 4 aromatic rings.